The van der Waals surface area contributed by atoms with Gasteiger partial charge in [0.2, 0.25) is 0 Å². The molecule has 0 unspecified atom stereocenters. The summed E-state index contributed by atoms with van der Waals surface area (Å²) in [5.74, 6) is -0.814. The SMILES string of the molecule is O=C(Cl)OCCN1C(=O)C=CC1=O. The Morgan fingerprint density at radius 1 is 1.38 bits per heavy atom. The second-order valence-electron chi connectivity index (χ2n) is 2.25. The van der Waals surface area contributed by atoms with E-state index in [1.807, 2.05) is 0 Å². The quantitative estimate of drug-likeness (QED) is 0.489. The molecule has 1 aliphatic rings. The molecule has 1 rings (SSSR count). The summed E-state index contributed by atoms with van der Waals surface area (Å²) in [6.07, 6.45) is 2.32. The molecule has 0 N–H and O–H groups in total. The van der Waals surface area contributed by atoms with Gasteiger partial charge in [-0.05, 0) is 0 Å². The fourth-order valence-electron chi connectivity index (χ4n) is 0.869. The summed E-state index contributed by atoms with van der Waals surface area (Å²) in [5, 5.41) is 0. The molecule has 0 atom stereocenters. The number of hydrogen-bond acceptors (Lipinski definition) is 4. The summed E-state index contributed by atoms with van der Waals surface area (Å²) in [6, 6.07) is 0. The van der Waals surface area contributed by atoms with Gasteiger partial charge in [-0.2, -0.15) is 0 Å². The number of amides is 2. The Morgan fingerprint density at radius 2 is 1.92 bits per heavy atom. The van der Waals surface area contributed by atoms with Crippen LogP contribution in [-0.4, -0.2) is 35.3 Å². The first kappa shape index (κ1) is 9.73. The van der Waals surface area contributed by atoms with E-state index in [2.05, 4.69) is 4.74 Å². The van der Waals surface area contributed by atoms with Crippen molar-refractivity contribution in [3.8, 4) is 0 Å². The standard InChI is InChI=1S/C7H6ClNO4/c8-7(12)13-4-3-9-5(10)1-2-6(9)11/h1-2H,3-4H2. The molecule has 0 spiro atoms. The molecule has 0 radical (unpaired) electrons. The monoisotopic (exact) mass is 203 g/mol. The lowest BCUT2D eigenvalue weighted by Gasteiger charge is -2.12. The van der Waals surface area contributed by atoms with Crippen molar-refractivity contribution < 1.29 is 19.1 Å². The molecule has 0 bridgehead atoms. The molecule has 0 aliphatic carbocycles. The maximum Gasteiger partial charge on any atom is 0.403 e. The van der Waals surface area contributed by atoms with Crippen molar-refractivity contribution >= 4 is 28.8 Å². The van der Waals surface area contributed by atoms with Gasteiger partial charge in [0, 0.05) is 23.8 Å². The highest BCUT2D eigenvalue weighted by Gasteiger charge is 2.22. The van der Waals surface area contributed by atoms with Crippen molar-refractivity contribution in [2.75, 3.05) is 13.2 Å². The van der Waals surface area contributed by atoms with E-state index in [1.165, 1.54) is 0 Å². The van der Waals surface area contributed by atoms with Gasteiger partial charge in [-0.3, -0.25) is 14.5 Å². The molecule has 1 heterocycles. The van der Waals surface area contributed by atoms with E-state index >= 15 is 0 Å². The normalized spacial score (nSPS) is 15.3. The Morgan fingerprint density at radius 3 is 2.38 bits per heavy atom. The number of ether oxygens (including phenoxy) is 1. The first-order chi connectivity index (χ1) is 6.11. The predicted molar refractivity (Wildman–Crippen MR) is 43.1 cm³/mol. The zero-order chi connectivity index (χ0) is 9.84. The zero-order valence-electron chi connectivity index (χ0n) is 6.53. The Bertz CT molecular complexity index is 268. The van der Waals surface area contributed by atoms with Gasteiger partial charge in [-0.15, -0.1) is 0 Å². The van der Waals surface area contributed by atoms with Gasteiger partial charge in [-0.1, -0.05) is 0 Å². The number of imide groups is 1. The van der Waals surface area contributed by atoms with Gasteiger partial charge in [0.1, 0.15) is 6.61 Å². The Kier molecular flexibility index (Phi) is 3.02. The van der Waals surface area contributed by atoms with E-state index in [9.17, 15) is 14.4 Å². The topological polar surface area (TPSA) is 63.7 Å². The molecule has 0 fully saturated rings. The minimum atomic E-state index is -0.952. The molecule has 1 aliphatic heterocycles. The number of carbonyl (C=O) groups is 3. The first-order valence-electron chi connectivity index (χ1n) is 3.47. The summed E-state index contributed by atoms with van der Waals surface area (Å²) in [6.45, 7) is -0.0510. The maximum atomic E-state index is 10.9. The van der Waals surface area contributed by atoms with Gasteiger partial charge in [0.15, 0.2) is 0 Å². The number of halogens is 1. The molecule has 0 aromatic carbocycles. The summed E-state index contributed by atoms with van der Waals surface area (Å²) < 4.78 is 4.35. The van der Waals surface area contributed by atoms with Crippen LogP contribution in [0.2, 0.25) is 0 Å². The van der Waals surface area contributed by atoms with E-state index in [0.29, 0.717) is 0 Å². The van der Waals surface area contributed by atoms with E-state index in [-0.39, 0.29) is 13.2 Å². The van der Waals surface area contributed by atoms with Crippen LogP contribution in [-0.2, 0) is 14.3 Å². The Balaban J connectivity index is 2.34. The maximum absolute atomic E-state index is 10.9. The van der Waals surface area contributed by atoms with E-state index in [1.54, 1.807) is 0 Å². The van der Waals surface area contributed by atoms with Crippen LogP contribution >= 0.6 is 11.6 Å². The van der Waals surface area contributed by atoms with Crippen molar-refractivity contribution in [1.29, 1.82) is 0 Å². The molecule has 13 heavy (non-hydrogen) atoms. The molecule has 6 heteroatoms. The number of carbonyl (C=O) groups excluding carboxylic acids is 3. The molecule has 0 aromatic rings. The van der Waals surface area contributed by atoms with Gasteiger partial charge in [0.05, 0.1) is 6.54 Å². The highest BCUT2D eigenvalue weighted by molar-refractivity contribution is 6.61. The lowest BCUT2D eigenvalue weighted by Crippen LogP contribution is -2.33. The van der Waals surface area contributed by atoms with Gasteiger partial charge in [0.25, 0.3) is 11.8 Å². The molecule has 0 saturated carbocycles. The largest absolute Gasteiger partial charge is 0.452 e. The third-order valence-corrected chi connectivity index (χ3v) is 1.54. The number of hydrogen-bond donors (Lipinski definition) is 0. The van der Waals surface area contributed by atoms with Crippen molar-refractivity contribution in [2.45, 2.75) is 0 Å². The van der Waals surface area contributed by atoms with Gasteiger partial charge >= 0.3 is 5.43 Å². The van der Waals surface area contributed by atoms with Crippen molar-refractivity contribution in [1.82, 2.24) is 4.90 Å². The Hall–Kier alpha value is -1.36. The summed E-state index contributed by atoms with van der Waals surface area (Å²) >= 11 is 4.87. The minimum absolute atomic E-state index is 0.0309. The van der Waals surface area contributed by atoms with E-state index in [4.69, 9.17) is 11.6 Å². The number of rotatable bonds is 3. The summed E-state index contributed by atoms with van der Waals surface area (Å²) in [7, 11) is 0. The van der Waals surface area contributed by atoms with Gasteiger partial charge < -0.3 is 4.74 Å². The van der Waals surface area contributed by atoms with Gasteiger partial charge in [-0.25, -0.2) is 4.79 Å². The van der Waals surface area contributed by atoms with E-state index < -0.39 is 17.2 Å². The summed E-state index contributed by atoms with van der Waals surface area (Å²) in [4.78, 5) is 32.9. The Labute approximate surface area is 78.9 Å². The van der Waals surface area contributed by atoms with Crippen LogP contribution in [0.15, 0.2) is 12.2 Å². The lowest BCUT2D eigenvalue weighted by atomic mass is 10.5. The van der Waals surface area contributed by atoms with E-state index in [0.717, 1.165) is 17.1 Å². The van der Waals surface area contributed by atoms with Crippen LogP contribution in [0.5, 0.6) is 0 Å². The smallest absolute Gasteiger partial charge is 0.403 e. The van der Waals surface area contributed by atoms with Crippen LogP contribution in [0, 0.1) is 0 Å². The highest BCUT2D eigenvalue weighted by Crippen LogP contribution is 2.02. The first-order valence-corrected chi connectivity index (χ1v) is 3.85. The average molecular weight is 204 g/mol. The highest BCUT2D eigenvalue weighted by atomic mass is 35.5. The van der Waals surface area contributed by atoms with Crippen LogP contribution < -0.4 is 0 Å². The van der Waals surface area contributed by atoms with Crippen molar-refractivity contribution in [3.05, 3.63) is 12.2 Å². The number of nitrogens with zero attached hydrogens (tertiary/aromatic N) is 1. The van der Waals surface area contributed by atoms with Crippen molar-refractivity contribution in [2.24, 2.45) is 0 Å². The second-order valence-corrected chi connectivity index (χ2v) is 2.56. The van der Waals surface area contributed by atoms with Crippen molar-refractivity contribution in [3.63, 3.8) is 0 Å². The minimum Gasteiger partial charge on any atom is -0.452 e. The molecule has 0 aromatic heterocycles. The second kappa shape index (κ2) is 4.04. The lowest BCUT2D eigenvalue weighted by molar-refractivity contribution is -0.137. The molecular formula is C7H6ClNO4. The molecule has 70 valence electrons. The summed E-state index contributed by atoms with van der Waals surface area (Å²) in [5.41, 5.74) is -0.952. The fraction of sp³-hybridized carbons (Fsp3) is 0.286. The molecule has 2 amide bonds. The molecule has 5 nitrogen and oxygen atoms in total. The molecular weight excluding hydrogens is 198 g/mol. The fourth-order valence-corrected chi connectivity index (χ4v) is 0.946. The predicted octanol–water partition coefficient (Wildman–Crippen LogP) is 0.287. The third-order valence-electron chi connectivity index (χ3n) is 1.43. The van der Waals surface area contributed by atoms with Crippen LogP contribution in [0.4, 0.5) is 4.79 Å². The molecule has 0 saturated heterocycles. The van der Waals surface area contributed by atoms with Crippen LogP contribution in [0.25, 0.3) is 0 Å². The third kappa shape index (κ3) is 2.55. The van der Waals surface area contributed by atoms with Crippen LogP contribution in [0.1, 0.15) is 0 Å². The zero-order valence-corrected chi connectivity index (χ0v) is 7.28. The van der Waals surface area contributed by atoms with Crippen LogP contribution in [0.3, 0.4) is 0 Å². The average Bonchev–Trinajstić information content (AvgIpc) is 2.34.